The largest absolute Gasteiger partial charge is 0.326 e. The number of anilines is 1. The van der Waals surface area contributed by atoms with Gasteiger partial charge in [-0.15, -0.1) is 0 Å². The lowest BCUT2D eigenvalue weighted by molar-refractivity contribution is 0.597. The summed E-state index contributed by atoms with van der Waals surface area (Å²) >= 11 is 5.83. The molecular formula is C10H15ClN2O2S. The first-order valence-corrected chi connectivity index (χ1v) is 7.09. The molecule has 0 saturated carbocycles. The lowest BCUT2D eigenvalue weighted by atomic mass is 10.2. The summed E-state index contributed by atoms with van der Waals surface area (Å²) in [5.41, 5.74) is 6.89. The molecule has 16 heavy (non-hydrogen) atoms. The summed E-state index contributed by atoms with van der Waals surface area (Å²) < 4.78 is 24.4. The van der Waals surface area contributed by atoms with E-state index in [1.807, 2.05) is 0 Å². The zero-order valence-electron chi connectivity index (χ0n) is 9.27. The second kappa shape index (κ2) is 5.03. The Bertz CT molecular complexity index is 474. The molecule has 1 aromatic rings. The molecule has 6 heteroatoms. The number of halogens is 1. The lowest BCUT2D eigenvalue weighted by Gasteiger charge is -2.23. The third kappa shape index (κ3) is 2.87. The SMILES string of the molecule is CCN(c1ccc(Cl)cc1CN)S(C)(=O)=O. The van der Waals surface area contributed by atoms with Crippen molar-refractivity contribution in [2.45, 2.75) is 13.5 Å². The molecule has 0 radical (unpaired) electrons. The Kier molecular flexibility index (Phi) is 4.18. The molecule has 2 N–H and O–H groups in total. The van der Waals surface area contributed by atoms with E-state index in [1.165, 1.54) is 10.6 Å². The maximum atomic E-state index is 11.6. The van der Waals surface area contributed by atoms with E-state index < -0.39 is 10.0 Å². The third-order valence-electron chi connectivity index (χ3n) is 2.22. The average Bonchev–Trinajstić information content (AvgIpc) is 2.19. The zero-order chi connectivity index (χ0) is 12.3. The molecule has 90 valence electrons. The van der Waals surface area contributed by atoms with Crippen molar-refractivity contribution < 1.29 is 8.42 Å². The smallest absolute Gasteiger partial charge is 0.232 e. The normalized spacial score (nSPS) is 11.5. The Hall–Kier alpha value is -0.780. The molecule has 4 nitrogen and oxygen atoms in total. The number of hydrogen-bond acceptors (Lipinski definition) is 3. The van der Waals surface area contributed by atoms with Gasteiger partial charge in [0.15, 0.2) is 0 Å². The van der Waals surface area contributed by atoms with E-state index in [9.17, 15) is 8.42 Å². The zero-order valence-corrected chi connectivity index (χ0v) is 10.8. The van der Waals surface area contributed by atoms with Crippen molar-refractivity contribution in [1.82, 2.24) is 0 Å². The van der Waals surface area contributed by atoms with E-state index in [2.05, 4.69) is 0 Å². The van der Waals surface area contributed by atoms with Crippen LogP contribution in [-0.4, -0.2) is 21.2 Å². The van der Waals surface area contributed by atoms with Gasteiger partial charge in [-0.1, -0.05) is 11.6 Å². The molecule has 0 unspecified atom stereocenters. The first-order chi connectivity index (χ1) is 7.40. The van der Waals surface area contributed by atoms with Gasteiger partial charge in [0.05, 0.1) is 11.9 Å². The van der Waals surface area contributed by atoms with Crippen molar-refractivity contribution >= 4 is 27.3 Å². The van der Waals surface area contributed by atoms with Crippen LogP contribution in [0, 0.1) is 0 Å². The van der Waals surface area contributed by atoms with Crippen molar-refractivity contribution in [2.75, 3.05) is 17.1 Å². The second-order valence-electron chi connectivity index (χ2n) is 3.40. The number of hydrogen-bond donors (Lipinski definition) is 1. The minimum Gasteiger partial charge on any atom is -0.326 e. The standard InChI is InChI=1S/C10H15ClN2O2S/c1-3-13(16(2,14)15)10-5-4-9(11)6-8(10)7-12/h4-6H,3,7,12H2,1-2H3. The Morgan fingerprint density at radius 2 is 2.06 bits per heavy atom. The summed E-state index contributed by atoms with van der Waals surface area (Å²) in [7, 11) is -3.28. The monoisotopic (exact) mass is 262 g/mol. The summed E-state index contributed by atoms with van der Waals surface area (Å²) in [5.74, 6) is 0. The Morgan fingerprint density at radius 3 is 2.50 bits per heavy atom. The van der Waals surface area contributed by atoms with Crippen LogP contribution in [0.3, 0.4) is 0 Å². The van der Waals surface area contributed by atoms with Crippen molar-refractivity contribution in [1.29, 1.82) is 0 Å². The van der Waals surface area contributed by atoms with Crippen LogP contribution < -0.4 is 10.0 Å². The van der Waals surface area contributed by atoms with Gasteiger partial charge in [0.1, 0.15) is 0 Å². The highest BCUT2D eigenvalue weighted by atomic mass is 35.5. The Morgan fingerprint density at radius 1 is 1.44 bits per heavy atom. The summed E-state index contributed by atoms with van der Waals surface area (Å²) in [6.07, 6.45) is 1.17. The minimum atomic E-state index is -3.28. The molecule has 1 aromatic carbocycles. The van der Waals surface area contributed by atoms with Crippen LogP contribution in [0.2, 0.25) is 5.02 Å². The minimum absolute atomic E-state index is 0.252. The molecular weight excluding hydrogens is 248 g/mol. The summed E-state index contributed by atoms with van der Waals surface area (Å²) in [6, 6.07) is 5.02. The van der Waals surface area contributed by atoms with Crippen LogP contribution in [0.1, 0.15) is 12.5 Å². The molecule has 0 amide bonds. The predicted molar refractivity (Wildman–Crippen MR) is 67.2 cm³/mol. The van der Waals surface area contributed by atoms with Crippen LogP contribution >= 0.6 is 11.6 Å². The van der Waals surface area contributed by atoms with Crippen molar-refractivity contribution in [2.24, 2.45) is 5.73 Å². The first-order valence-electron chi connectivity index (χ1n) is 4.86. The number of sulfonamides is 1. The molecule has 1 rings (SSSR count). The second-order valence-corrected chi connectivity index (χ2v) is 5.75. The molecule has 0 saturated heterocycles. The van der Waals surface area contributed by atoms with Crippen molar-refractivity contribution in [3.8, 4) is 0 Å². The molecule has 0 aliphatic rings. The third-order valence-corrected chi connectivity index (χ3v) is 3.71. The maximum absolute atomic E-state index is 11.6. The van der Waals surface area contributed by atoms with Crippen molar-refractivity contribution in [3.63, 3.8) is 0 Å². The average molecular weight is 263 g/mol. The number of benzene rings is 1. The van der Waals surface area contributed by atoms with Crippen LogP contribution in [-0.2, 0) is 16.6 Å². The molecule has 0 bridgehead atoms. The van der Waals surface area contributed by atoms with Gasteiger partial charge in [0.25, 0.3) is 0 Å². The van der Waals surface area contributed by atoms with Gasteiger partial charge in [-0.25, -0.2) is 8.42 Å². The number of nitrogens with zero attached hydrogens (tertiary/aromatic N) is 1. The molecule has 0 aliphatic heterocycles. The highest BCUT2D eigenvalue weighted by Gasteiger charge is 2.17. The number of rotatable bonds is 4. The van der Waals surface area contributed by atoms with Gasteiger partial charge in [0, 0.05) is 18.1 Å². The van der Waals surface area contributed by atoms with Crippen molar-refractivity contribution in [3.05, 3.63) is 28.8 Å². The van der Waals surface area contributed by atoms with E-state index in [4.69, 9.17) is 17.3 Å². The fourth-order valence-corrected chi connectivity index (χ4v) is 2.74. The lowest BCUT2D eigenvalue weighted by Crippen LogP contribution is -2.30. The van der Waals surface area contributed by atoms with Gasteiger partial charge >= 0.3 is 0 Å². The highest BCUT2D eigenvalue weighted by molar-refractivity contribution is 7.92. The Balaban J connectivity index is 3.31. The molecule has 0 aliphatic carbocycles. The van der Waals surface area contributed by atoms with Crippen LogP contribution in [0.15, 0.2) is 18.2 Å². The summed E-state index contributed by atoms with van der Waals surface area (Å²) in [4.78, 5) is 0. The van der Waals surface area contributed by atoms with E-state index in [0.717, 1.165) is 5.56 Å². The fourth-order valence-electron chi connectivity index (χ4n) is 1.54. The van der Waals surface area contributed by atoms with Gasteiger partial charge in [-0.2, -0.15) is 0 Å². The van der Waals surface area contributed by atoms with E-state index in [1.54, 1.807) is 25.1 Å². The quantitative estimate of drug-likeness (QED) is 0.896. The van der Waals surface area contributed by atoms with Gasteiger partial charge in [0.2, 0.25) is 10.0 Å². The van der Waals surface area contributed by atoms with Gasteiger partial charge in [-0.3, -0.25) is 4.31 Å². The summed E-state index contributed by atoms with van der Waals surface area (Å²) in [5, 5.41) is 0.550. The van der Waals surface area contributed by atoms with Crippen LogP contribution in [0.25, 0.3) is 0 Å². The molecule has 0 aromatic heterocycles. The first kappa shape index (κ1) is 13.3. The molecule has 0 fully saturated rings. The van der Waals surface area contributed by atoms with Gasteiger partial charge < -0.3 is 5.73 Å². The van der Waals surface area contributed by atoms with E-state index >= 15 is 0 Å². The summed E-state index contributed by atoms with van der Waals surface area (Å²) in [6.45, 7) is 2.39. The van der Waals surface area contributed by atoms with E-state index in [-0.39, 0.29) is 6.54 Å². The Labute approximate surface area is 101 Å². The molecule has 0 heterocycles. The van der Waals surface area contributed by atoms with Crippen LogP contribution in [0.5, 0.6) is 0 Å². The number of nitrogens with two attached hydrogens (primary N) is 1. The maximum Gasteiger partial charge on any atom is 0.232 e. The predicted octanol–water partition coefficient (Wildman–Crippen LogP) is 1.58. The van der Waals surface area contributed by atoms with Crippen LogP contribution in [0.4, 0.5) is 5.69 Å². The highest BCUT2D eigenvalue weighted by Crippen LogP contribution is 2.25. The van der Waals surface area contributed by atoms with Gasteiger partial charge in [-0.05, 0) is 30.7 Å². The van der Waals surface area contributed by atoms with E-state index in [0.29, 0.717) is 17.3 Å². The molecule has 0 spiro atoms. The molecule has 0 atom stereocenters. The topological polar surface area (TPSA) is 63.4 Å². The fraction of sp³-hybridized carbons (Fsp3) is 0.400.